The first kappa shape index (κ1) is 13.2. The highest BCUT2D eigenvalue weighted by atomic mass is 32.1. The number of fused-ring (bicyclic) bond motifs is 1. The molecule has 2 N–H and O–H groups in total. The van der Waals surface area contributed by atoms with Gasteiger partial charge >= 0.3 is 11.2 Å². The number of nitrogens with two attached hydrogens (primary N) is 1. The van der Waals surface area contributed by atoms with E-state index < -0.39 is 16.2 Å². The second kappa shape index (κ2) is 4.94. The third kappa shape index (κ3) is 2.34. The van der Waals surface area contributed by atoms with Crippen LogP contribution in [-0.2, 0) is 6.42 Å². The maximum atomic E-state index is 12.0. The van der Waals surface area contributed by atoms with E-state index in [4.69, 9.17) is 5.73 Å². The lowest BCUT2D eigenvalue weighted by molar-refractivity contribution is -0.385. The fourth-order valence-electron chi connectivity index (χ4n) is 1.91. The van der Waals surface area contributed by atoms with Gasteiger partial charge in [-0.2, -0.15) is 14.6 Å². The largest absolute Gasteiger partial charge is 0.378 e. The summed E-state index contributed by atoms with van der Waals surface area (Å²) >= 11 is 1.18. The lowest BCUT2D eigenvalue weighted by atomic mass is 10.2. The Balaban J connectivity index is 2.11. The van der Waals surface area contributed by atoms with Gasteiger partial charge in [0.25, 0.3) is 0 Å². The Labute approximate surface area is 121 Å². The fourth-order valence-corrected chi connectivity index (χ4v) is 2.83. The molecule has 0 atom stereocenters. The zero-order valence-corrected chi connectivity index (χ0v) is 11.4. The summed E-state index contributed by atoms with van der Waals surface area (Å²) in [5.74, 6) is -0.389. The summed E-state index contributed by atoms with van der Waals surface area (Å²) in [5.41, 5.74) is 4.87. The molecule has 0 aliphatic heterocycles. The average Bonchev–Trinajstić information content (AvgIpc) is 2.82. The van der Waals surface area contributed by atoms with E-state index in [2.05, 4.69) is 10.1 Å². The van der Waals surface area contributed by atoms with Crippen molar-refractivity contribution in [2.75, 3.05) is 5.73 Å². The molecule has 0 radical (unpaired) electrons. The van der Waals surface area contributed by atoms with E-state index in [-0.39, 0.29) is 10.8 Å². The van der Waals surface area contributed by atoms with Crippen LogP contribution < -0.4 is 11.3 Å². The topological polar surface area (TPSA) is 116 Å². The van der Waals surface area contributed by atoms with E-state index in [1.54, 1.807) is 0 Å². The lowest BCUT2D eigenvalue weighted by Gasteiger charge is -1.95. The molecule has 9 heteroatoms. The number of nitrogen functional groups attached to an aromatic ring is 1. The van der Waals surface area contributed by atoms with E-state index in [9.17, 15) is 14.9 Å². The number of aromatic nitrogens is 3. The van der Waals surface area contributed by atoms with Gasteiger partial charge in [0.2, 0.25) is 10.8 Å². The van der Waals surface area contributed by atoms with E-state index in [0.29, 0.717) is 11.4 Å². The zero-order valence-electron chi connectivity index (χ0n) is 10.6. The Hall–Kier alpha value is -2.81. The number of nitro groups is 1. The van der Waals surface area contributed by atoms with Crippen LogP contribution in [-0.4, -0.2) is 19.5 Å². The van der Waals surface area contributed by atoms with Gasteiger partial charge in [-0.3, -0.25) is 14.9 Å². The number of anilines is 1. The molecule has 0 fully saturated rings. The van der Waals surface area contributed by atoms with E-state index >= 15 is 0 Å². The lowest BCUT2D eigenvalue weighted by Crippen LogP contribution is -2.20. The van der Waals surface area contributed by atoms with Crippen molar-refractivity contribution in [1.29, 1.82) is 0 Å². The second-order valence-electron chi connectivity index (χ2n) is 4.26. The molecule has 0 spiro atoms. The summed E-state index contributed by atoms with van der Waals surface area (Å²) in [5, 5.41) is 15.6. The number of hydrogen-bond donors (Lipinski definition) is 1. The van der Waals surface area contributed by atoms with Crippen LogP contribution in [0.25, 0.3) is 4.96 Å². The van der Waals surface area contributed by atoms with Crippen molar-refractivity contribution in [2.45, 2.75) is 6.42 Å². The number of hydrogen-bond acceptors (Lipinski definition) is 7. The van der Waals surface area contributed by atoms with Crippen molar-refractivity contribution in [1.82, 2.24) is 14.6 Å². The monoisotopic (exact) mass is 303 g/mol. The van der Waals surface area contributed by atoms with Gasteiger partial charge in [0.15, 0.2) is 0 Å². The first-order valence-electron chi connectivity index (χ1n) is 5.93. The SMILES string of the molecule is Nc1nc2sc(Cc3ccccc3)nn2c(=O)c1[N+](=O)[O-]. The first-order chi connectivity index (χ1) is 10.1. The summed E-state index contributed by atoms with van der Waals surface area (Å²) in [6, 6.07) is 9.56. The quantitative estimate of drug-likeness (QED) is 0.574. The standard InChI is InChI=1S/C12H9N5O3S/c13-10-9(17(19)20)11(18)16-12(14-10)21-8(15-16)6-7-4-2-1-3-5-7/h1-5H,6,13H2. The van der Waals surface area contributed by atoms with E-state index in [1.807, 2.05) is 30.3 Å². The fraction of sp³-hybridized carbons (Fsp3) is 0.0833. The first-order valence-corrected chi connectivity index (χ1v) is 6.74. The summed E-state index contributed by atoms with van der Waals surface area (Å²) in [6.07, 6.45) is 0.516. The minimum Gasteiger partial charge on any atom is -0.378 e. The molecule has 3 aromatic rings. The van der Waals surface area contributed by atoms with Crippen LogP contribution in [0.4, 0.5) is 11.5 Å². The van der Waals surface area contributed by atoms with Crippen molar-refractivity contribution in [3.63, 3.8) is 0 Å². The van der Waals surface area contributed by atoms with Gasteiger partial charge < -0.3 is 5.73 Å². The third-order valence-corrected chi connectivity index (χ3v) is 3.74. The van der Waals surface area contributed by atoms with Crippen molar-refractivity contribution in [2.24, 2.45) is 0 Å². The Morgan fingerprint density at radius 3 is 2.71 bits per heavy atom. The van der Waals surface area contributed by atoms with Crippen molar-refractivity contribution in [3.8, 4) is 0 Å². The molecule has 0 bridgehead atoms. The number of benzene rings is 1. The molecule has 0 aliphatic rings. The van der Waals surface area contributed by atoms with Gasteiger partial charge in [0.1, 0.15) is 5.01 Å². The Kier molecular flexibility index (Phi) is 3.10. The third-order valence-electron chi connectivity index (χ3n) is 2.84. The molecule has 106 valence electrons. The molecule has 1 aromatic carbocycles. The van der Waals surface area contributed by atoms with E-state index in [0.717, 1.165) is 10.1 Å². The average molecular weight is 303 g/mol. The van der Waals surface area contributed by atoms with Gasteiger partial charge in [-0.25, -0.2) is 0 Å². The Bertz CT molecular complexity index is 887. The summed E-state index contributed by atoms with van der Waals surface area (Å²) < 4.78 is 0.928. The highest BCUT2D eigenvalue weighted by Crippen LogP contribution is 2.20. The molecular weight excluding hydrogens is 294 g/mol. The molecule has 2 heterocycles. The molecule has 0 saturated heterocycles. The molecule has 0 saturated carbocycles. The highest BCUT2D eigenvalue weighted by Gasteiger charge is 2.23. The Morgan fingerprint density at radius 2 is 2.05 bits per heavy atom. The maximum absolute atomic E-state index is 12.0. The maximum Gasteiger partial charge on any atom is 0.377 e. The van der Waals surface area contributed by atoms with Crippen LogP contribution in [0.5, 0.6) is 0 Å². The van der Waals surface area contributed by atoms with Crippen LogP contribution in [0.3, 0.4) is 0 Å². The molecule has 8 nitrogen and oxygen atoms in total. The van der Waals surface area contributed by atoms with Crippen LogP contribution >= 0.6 is 11.3 Å². The Morgan fingerprint density at radius 1 is 1.33 bits per heavy atom. The van der Waals surface area contributed by atoms with Crippen molar-refractivity contribution in [3.05, 3.63) is 61.4 Å². The van der Waals surface area contributed by atoms with Gasteiger partial charge in [-0.1, -0.05) is 41.7 Å². The smallest absolute Gasteiger partial charge is 0.377 e. The van der Waals surface area contributed by atoms with Crippen LogP contribution in [0.2, 0.25) is 0 Å². The molecular formula is C12H9N5O3S. The van der Waals surface area contributed by atoms with Gasteiger partial charge in [0, 0.05) is 6.42 Å². The molecule has 0 amide bonds. The van der Waals surface area contributed by atoms with Gasteiger partial charge in [-0.15, -0.1) is 0 Å². The zero-order chi connectivity index (χ0) is 15.0. The summed E-state index contributed by atoms with van der Waals surface area (Å²) in [4.78, 5) is 26.1. The van der Waals surface area contributed by atoms with Crippen LogP contribution in [0, 0.1) is 10.1 Å². The normalized spacial score (nSPS) is 10.9. The summed E-state index contributed by atoms with van der Waals surface area (Å²) in [6.45, 7) is 0. The van der Waals surface area contributed by atoms with E-state index in [1.165, 1.54) is 11.3 Å². The number of nitrogens with zero attached hydrogens (tertiary/aromatic N) is 4. The molecule has 3 rings (SSSR count). The molecule has 0 aliphatic carbocycles. The second-order valence-corrected chi connectivity index (χ2v) is 5.30. The summed E-state index contributed by atoms with van der Waals surface area (Å²) in [7, 11) is 0. The molecule has 0 unspecified atom stereocenters. The predicted octanol–water partition coefficient (Wildman–Crippen LogP) is 1.23. The molecule has 21 heavy (non-hydrogen) atoms. The van der Waals surface area contributed by atoms with Crippen molar-refractivity contribution >= 4 is 27.8 Å². The molecule has 2 aromatic heterocycles. The van der Waals surface area contributed by atoms with Gasteiger partial charge in [-0.05, 0) is 5.56 Å². The number of rotatable bonds is 3. The van der Waals surface area contributed by atoms with Crippen LogP contribution in [0.1, 0.15) is 10.6 Å². The van der Waals surface area contributed by atoms with Crippen molar-refractivity contribution < 1.29 is 4.92 Å². The van der Waals surface area contributed by atoms with Gasteiger partial charge in [0.05, 0.1) is 4.92 Å². The minimum absolute atomic E-state index is 0.244. The highest BCUT2D eigenvalue weighted by molar-refractivity contribution is 7.16. The minimum atomic E-state index is -0.863. The van der Waals surface area contributed by atoms with Crippen LogP contribution in [0.15, 0.2) is 35.1 Å². The predicted molar refractivity (Wildman–Crippen MR) is 77.4 cm³/mol.